The van der Waals surface area contributed by atoms with Crippen molar-refractivity contribution in [2.45, 2.75) is 39.0 Å². The molecule has 10 heteroatoms. The van der Waals surface area contributed by atoms with Crippen LogP contribution in [0.15, 0.2) is 84.3 Å². The van der Waals surface area contributed by atoms with Crippen molar-refractivity contribution < 1.29 is 9.53 Å². The molecular formula is C32H29N7O3. The summed E-state index contributed by atoms with van der Waals surface area (Å²) in [6.45, 7) is 14.2. The molecule has 5 heterocycles. The van der Waals surface area contributed by atoms with Crippen LogP contribution < -0.4 is 5.69 Å². The zero-order valence-electron chi connectivity index (χ0n) is 23.6. The fourth-order valence-electron chi connectivity index (χ4n) is 5.64. The number of benzene rings is 2. The summed E-state index contributed by atoms with van der Waals surface area (Å²) in [6, 6.07) is 15.7. The quantitative estimate of drug-likeness (QED) is 0.262. The number of fused-ring (bicyclic) bond motifs is 5. The summed E-state index contributed by atoms with van der Waals surface area (Å²) in [5, 5.41) is 0. The molecule has 0 spiro atoms. The van der Waals surface area contributed by atoms with Crippen LogP contribution in [-0.4, -0.2) is 52.9 Å². The second-order valence-electron chi connectivity index (χ2n) is 11.7. The number of likely N-dealkylation sites (tertiary alicyclic amines) is 1. The molecule has 10 nitrogen and oxygen atoms in total. The summed E-state index contributed by atoms with van der Waals surface area (Å²) >= 11 is 0. The zero-order valence-corrected chi connectivity index (χ0v) is 23.6. The molecule has 0 N–H and O–H groups in total. The molecule has 5 aromatic rings. The Bertz CT molecular complexity index is 1940. The van der Waals surface area contributed by atoms with Crippen LogP contribution in [0.5, 0.6) is 0 Å². The third kappa shape index (κ3) is 4.30. The van der Waals surface area contributed by atoms with Gasteiger partial charge in [-0.25, -0.2) is 19.4 Å². The van der Waals surface area contributed by atoms with Gasteiger partial charge < -0.3 is 14.2 Å². The van der Waals surface area contributed by atoms with E-state index in [1.54, 1.807) is 32.6 Å². The Labute approximate surface area is 242 Å². The average Bonchev–Trinajstić information content (AvgIpc) is 3.65. The van der Waals surface area contributed by atoms with Crippen molar-refractivity contribution in [1.82, 2.24) is 28.2 Å². The lowest BCUT2D eigenvalue weighted by Crippen LogP contribution is -2.53. The van der Waals surface area contributed by atoms with Gasteiger partial charge in [0, 0.05) is 56.2 Å². The van der Waals surface area contributed by atoms with Crippen LogP contribution >= 0.6 is 0 Å². The van der Waals surface area contributed by atoms with Gasteiger partial charge in [-0.2, -0.15) is 0 Å². The SMILES string of the molecule is [C-]#[N+]c1ccc(-c2cc3n(c2)Cc2cc(-n4ccn(C5CN(C(=O)OC(C)(C)C)C5)c4=O)ccc2-n2ccnc2-3)cc1. The standard InChI is InChI=1S/C32H29N7O3/c1-32(2,3)42-31(41)36-19-26(20-36)38-14-13-37(30(38)40)25-9-10-27-23(15-25)18-35-17-22(21-5-7-24(33-4)8-6-21)16-28(35)29-34-11-12-39(27)29/h5-17,26H,18-20H2,1-3H3. The number of hydrogen-bond donors (Lipinski definition) is 0. The van der Waals surface area contributed by atoms with Gasteiger partial charge in [0.05, 0.1) is 29.7 Å². The van der Waals surface area contributed by atoms with Crippen LogP contribution in [-0.2, 0) is 11.3 Å². The molecular weight excluding hydrogens is 530 g/mol. The Morgan fingerprint density at radius 2 is 1.79 bits per heavy atom. The maximum Gasteiger partial charge on any atom is 0.410 e. The molecule has 0 unspecified atom stereocenters. The summed E-state index contributed by atoms with van der Waals surface area (Å²) in [4.78, 5) is 35.6. The Balaban J connectivity index is 1.18. The van der Waals surface area contributed by atoms with Crippen LogP contribution in [0, 0.1) is 6.57 Å². The number of imidazole rings is 2. The Morgan fingerprint density at radius 3 is 2.52 bits per heavy atom. The van der Waals surface area contributed by atoms with Gasteiger partial charge >= 0.3 is 11.8 Å². The fraction of sp³-hybridized carbons (Fsp3) is 0.250. The number of nitrogens with zero attached hydrogens (tertiary/aromatic N) is 7. The van der Waals surface area contributed by atoms with Gasteiger partial charge in [-0.15, -0.1) is 0 Å². The lowest BCUT2D eigenvalue weighted by atomic mass is 10.1. The molecule has 0 aliphatic carbocycles. The van der Waals surface area contributed by atoms with E-state index >= 15 is 0 Å². The van der Waals surface area contributed by atoms with Crippen molar-refractivity contribution in [3.05, 3.63) is 107 Å². The van der Waals surface area contributed by atoms with Crippen molar-refractivity contribution >= 4 is 11.8 Å². The lowest BCUT2D eigenvalue weighted by molar-refractivity contribution is 0.000654. The van der Waals surface area contributed by atoms with Crippen molar-refractivity contribution in [3.63, 3.8) is 0 Å². The summed E-state index contributed by atoms with van der Waals surface area (Å²) < 4.78 is 13.1. The average molecular weight is 560 g/mol. The van der Waals surface area contributed by atoms with E-state index in [1.165, 1.54) is 0 Å². The second-order valence-corrected chi connectivity index (χ2v) is 11.7. The Hall–Kier alpha value is -5.30. The number of hydrogen-bond acceptors (Lipinski definition) is 4. The van der Waals surface area contributed by atoms with Gasteiger partial charge in [-0.3, -0.25) is 13.7 Å². The minimum atomic E-state index is -0.557. The number of ether oxygens (including phenoxy) is 1. The number of carbonyl (C=O) groups is 1. The third-order valence-corrected chi connectivity index (χ3v) is 7.75. The number of aromatic nitrogens is 5. The Kier molecular flexibility index (Phi) is 5.73. The summed E-state index contributed by atoms with van der Waals surface area (Å²) in [7, 11) is 0. The van der Waals surface area contributed by atoms with E-state index in [2.05, 4.69) is 37.3 Å². The van der Waals surface area contributed by atoms with E-state index in [1.807, 2.05) is 63.4 Å². The summed E-state index contributed by atoms with van der Waals surface area (Å²) in [5.74, 6) is 0.841. The summed E-state index contributed by atoms with van der Waals surface area (Å²) in [6.07, 6.45) is 9.07. The van der Waals surface area contributed by atoms with Gasteiger partial charge in [0.15, 0.2) is 11.5 Å². The molecule has 3 aromatic heterocycles. The highest BCUT2D eigenvalue weighted by molar-refractivity contribution is 5.73. The Morgan fingerprint density at radius 1 is 1.00 bits per heavy atom. The third-order valence-electron chi connectivity index (χ3n) is 7.75. The van der Waals surface area contributed by atoms with Crippen LogP contribution in [0.2, 0.25) is 0 Å². The van der Waals surface area contributed by atoms with E-state index in [0.717, 1.165) is 39.6 Å². The van der Waals surface area contributed by atoms with E-state index in [-0.39, 0.29) is 17.8 Å². The molecule has 2 aromatic carbocycles. The predicted molar refractivity (Wildman–Crippen MR) is 158 cm³/mol. The zero-order chi connectivity index (χ0) is 29.2. The van der Waals surface area contributed by atoms with Gasteiger partial charge in [0.25, 0.3) is 0 Å². The van der Waals surface area contributed by atoms with E-state index in [0.29, 0.717) is 25.3 Å². The first kappa shape index (κ1) is 25.7. The van der Waals surface area contributed by atoms with Gasteiger partial charge in [0.1, 0.15) is 5.60 Å². The molecule has 2 aliphatic rings. The molecule has 1 amide bonds. The van der Waals surface area contributed by atoms with Crippen LogP contribution in [0.25, 0.3) is 38.9 Å². The smallest absolute Gasteiger partial charge is 0.410 e. The fourth-order valence-corrected chi connectivity index (χ4v) is 5.64. The van der Waals surface area contributed by atoms with E-state index in [9.17, 15) is 9.59 Å². The van der Waals surface area contributed by atoms with E-state index in [4.69, 9.17) is 11.3 Å². The molecule has 1 saturated heterocycles. The van der Waals surface area contributed by atoms with E-state index < -0.39 is 5.60 Å². The largest absolute Gasteiger partial charge is 0.444 e. The molecule has 0 saturated carbocycles. The first-order valence-corrected chi connectivity index (χ1v) is 13.8. The van der Waals surface area contributed by atoms with Crippen molar-refractivity contribution in [2.24, 2.45) is 0 Å². The monoisotopic (exact) mass is 559 g/mol. The highest BCUT2D eigenvalue weighted by Crippen LogP contribution is 2.35. The summed E-state index contributed by atoms with van der Waals surface area (Å²) in [5.41, 5.74) is 5.81. The minimum absolute atomic E-state index is 0.0923. The number of amides is 1. The van der Waals surface area contributed by atoms with Crippen molar-refractivity contribution in [3.8, 4) is 34.0 Å². The minimum Gasteiger partial charge on any atom is -0.444 e. The molecule has 1 fully saturated rings. The molecule has 7 rings (SSSR count). The molecule has 0 bridgehead atoms. The topological polar surface area (TPSA) is 83.6 Å². The molecule has 0 atom stereocenters. The first-order valence-electron chi connectivity index (χ1n) is 13.8. The highest BCUT2D eigenvalue weighted by atomic mass is 16.6. The van der Waals surface area contributed by atoms with Crippen molar-refractivity contribution in [1.29, 1.82) is 0 Å². The maximum atomic E-state index is 13.5. The molecule has 0 radical (unpaired) electrons. The maximum absolute atomic E-state index is 13.5. The molecule has 42 heavy (non-hydrogen) atoms. The predicted octanol–water partition coefficient (Wildman–Crippen LogP) is 5.66. The van der Waals surface area contributed by atoms with Crippen LogP contribution in [0.3, 0.4) is 0 Å². The van der Waals surface area contributed by atoms with Crippen molar-refractivity contribution in [2.75, 3.05) is 13.1 Å². The first-order chi connectivity index (χ1) is 20.2. The number of rotatable bonds is 3. The van der Waals surface area contributed by atoms with Crippen LogP contribution in [0.4, 0.5) is 10.5 Å². The lowest BCUT2D eigenvalue weighted by Gasteiger charge is -2.39. The van der Waals surface area contributed by atoms with Gasteiger partial charge in [-0.05, 0) is 56.2 Å². The van der Waals surface area contributed by atoms with Gasteiger partial charge in [-0.1, -0.05) is 24.3 Å². The highest BCUT2D eigenvalue weighted by Gasteiger charge is 2.35. The van der Waals surface area contributed by atoms with Crippen LogP contribution in [0.1, 0.15) is 32.4 Å². The molecule has 210 valence electrons. The molecule has 2 aliphatic heterocycles. The van der Waals surface area contributed by atoms with Gasteiger partial charge in [0.2, 0.25) is 0 Å². The number of carbonyl (C=O) groups excluding carboxylic acids is 1. The normalized spacial score (nSPS) is 14.3. The second kappa shape index (κ2) is 9.38.